The molecule has 2 N–H and O–H groups in total. The van der Waals surface area contributed by atoms with Gasteiger partial charge in [-0.25, -0.2) is 4.99 Å². The van der Waals surface area contributed by atoms with Crippen molar-refractivity contribution in [2.75, 3.05) is 26.9 Å². The van der Waals surface area contributed by atoms with Gasteiger partial charge < -0.3 is 24.8 Å². The Bertz CT molecular complexity index is 769. The molecule has 1 aliphatic rings. The summed E-state index contributed by atoms with van der Waals surface area (Å²) < 4.78 is 16.6. The van der Waals surface area contributed by atoms with E-state index in [1.165, 1.54) is 11.1 Å². The zero-order chi connectivity index (χ0) is 21.0. The van der Waals surface area contributed by atoms with Crippen LogP contribution in [-0.2, 0) is 29.2 Å². The molecule has 0 aliphatic carbocycles. The van der Waals surface area contributed by atoms with Crippen LogP contribution in [0.2, 0.25) is 0 Å². The van der Waals surface area contributed by atoms with Gasteiger partial charge >= 0.3 is 0 Å². The highest BCUT2D eigenvalue weighted by atomic mass is 16.5. The third kappa shape index (κ3) is 7.35. The number of hydrogen-bond donors (Lipinski definition) is 2. The zero-order valence-electron chi connectivity index (χ0n) is 18.0. The predicted molar refractivity (Wildman–Crippen MR) is 120 cm³/mol. The number of ether oxygens (including phenoxy) is 3. The van der Waals surface area contributed by atoms with Gasteiger partial charge in [0.25, 0.3) is 0 Å². The summed E-state index contributed by atoms with van der Waals surface area (Å²) in [4.78, 5) is 4.68. The lowest BCUT2D eigenvalue weighted by molar-refractivity contribution is -0.0390. The number of benzene rings is 2. The second-order valence-corrected chi connectivity index (χ2v) is 7.34. The van der Waals surface area contributed by atoms with Crippen molar-refractivity contribution in [1.29, 1.82) is 0 Å². The maximum Gasteiger partial charge on any atom is 0.191 e. The zero-order valence-corrected chi connectivity index (χ0v) is 18.0. The highest BCUT2D eigenvalue weighted by Crippen LogP contribution is 2.14. The van der Waals surface area contributed by atoms with Crippen LogP contribution in [0.1, 0.15) is 36.5 Å². The number of methoxy groups -OCH3 is 1. The first-order valence-electron chi connectivity index (χ1n) is 10.7. The summed E-state index contributed by atoms with van der Waals surface area (Å²) in [7, 11) is 1.67. The van der Waals surface area contributed by atoms with Crippen LogP contribution >= 0.6 is 0 Å². The highest BCUT2D eigenvalue weighted by Gasteiger charge is 2.13. The molecule has 1 heterocycles. The van der Waals surface area contributed by atoms with E-state index in [1.807, 2.05) is 24.3 Å². The third-order valence-corrected chi connectivity index (χ3v) is 5.06. The minimum Gasteiger partial charge on any atom is -0.497 e. The van der Waals surface area contributed by atoms with Gasteiger partial charge in [-0.15, -0.1) is 0 Å². The summed E-state index contributed by atoms with van der Waals surface area (Å²) in [6.45, 7) is 6.49. The molecule has 1 fully saturated rings. The molecule has 0 atom stereocenters. The summed E-state index contributed by atoms with van der Waals surface area (Å²) in [5.74, 6) is 1.66. The van der Waals surface area contributed by atoms with Gasteiger partial charge in [0.05, 0.1) is 26.4 Å². The van der Waals surface area contributed by atoms with Crippen molar-refractivity contribution in [3.05, 3.63) is 65.2 Å². The average molecular weight is 412 g/mol. The fraction of sp³-hybridized carbons (Fsp3) is 0.458. The number of hydrogen-bond acceptors (Lipinski definition) is 4. The van der Waals surface area contributed by atoms with E-state index >= 15 is 0 Å². The molecule has 162 valence electrons. The molecule has 0 radical (unpaired) electrons. The van der Waals surface area contributed by atoms with Crippen LogP contribution in [0.3, 0.4) is 0 Å². The number of nitrogens with one attached hydrogen (secondary N) is 2. The molecule has 30 heavy (non-hydrogen) atoms. The summed E-state index contributed by atoms with van der Waals surface area (Å²) in [5.41, 5.74) is 3.55. The Balaban J connectivity index is 1.47. The van der Waals surface area contributed by atoms with Gasteiger partial charge in [-0.3, -0.25) is 0 Å². The Morgan fingerprint density at radius 2 is 1.63 bits per heavy atom. The van der Waals surface area contributed by atoms with E-state index in [0.29, 0.717) is 19.3 Å². The molecule has 2 aromatic carbocycles. The molecule has 0 bridgehead atoms. The van der Waals surface area contributed by atoms with E-state index in [9.17, 15) is 0 Å². The Morgan fingerprint density at radius 3 is 2.30 bits per heavy atom. The van der Waals surface area contributed by atoms with Crippen molar-refractivity contribution >= 4 is 5.96 Å². The van der Waals surface area contributed by atoms with Crippen LogP contribution in [0, 0.1) is 0 Å². The van der Waals surface area contributed by atoms with Crippen LogP contribution in [0.5, 0.6) is 5.75 Å². The van der Waals surface area contributed by atoms with E-state index in [2.05, 4.69) is 46.8 Å². The smallest absolute Gasteiger partial charge is 0.191 e. The first-order chi connectivity index (χ1) is 14.8. The molecule has 0 unspecified atom stereocenters. The SMILES string of the molecule is CCNC(=NCc1ccc(OC)cc1)NCc1ccc(COC2CCOCC2)cc1. The quantitative estimate of drug-likeness (QED) is 0.487. The standard InChI is InChI=1S/C24H33N3O3/c1-3-25-24(27-17-20-8-10-22(28-2)11-9-20)26-16-19-4-6-21(7-5-19)18-30-23-12-14-29-15-13-23/h4-11,23H,3,12-18H2,1-2H3,(H2,25,26,27). The minimum atomic E-state index is 0.324. The molecule has 0 aromatic heterocycles. The lowest BCUT2D eigenvalue weighted by atomic mass is 10.1. The summed E-state index contributed by atoms with van der Waals surface area (Å²) >= 11 is 0. The molecule has 3 rings (SSSR count). The van der Waals surface area contributed by atoms with Gasteiger partial charge in [0.1, 0.15) is 5.75 Å². The maximum atomic E-state index is 5.99. The molecular formula is C24H33N3O3. The highest BCUT2D eigenvalue weighted by molar-refractivity contribution is 5.79. The lowest BCUT2D eigenvalue weighted by Gasteiger charge is -2.22. The Morgan fingerprint density at radius 1 is 0.967 bits per heavy atom. The summed E-state index contributed by atoms with van der Waals surface area (Å²) in [6.07, 6.45) is 2.31. The van der Waals surface area contributed by atoms with Gasteiger partial charge in [0.2, 0.25) is 0 Å². The minimum absolute atomic E-state index is 0.324. The van der Waals surface area contributed by atoms with Crippen LogP contribution in [0.25, 0.3) is 0 Å². The molecule has 0 spiro atoms. The molecule has 6 heteroatoms. The van der Waals surface area contributed by atoms with Gasteiger partial charge in [0.15, 0.2) is 5.96 Å². The summed E-state index contributed by atoms with van der Waals surface area (Å²) in [6, 6.07) is 16.5. The Labute approximate surface area is 179 Å². The largest absolute Gasteiger partial charge is 0.497 e. The van der Waals surface area contributed by atoms with E-state index in [0.717, 1.165) is 56.4 Å². The van der Waals surface area contributed by atoms with Crippen LogP contribution in [0.4, 0.5) is 0 Å². The van der Waals surface area contributed by atoms with E-state index in [4.69, 9.17) is 14.2 Å². The van der Waals surface area contributed by atoms with Crippen molar-refractivity contribution < 1.29 is 14.2 Å². The molecular weight excluding hydrogens is 378 g/mol. The summed E-state index contributed by atoms with van der Waals surface area (Å²) in [5, 5.41) is 6.70. The Hall–Kier alpha value is -2.57. The van der Waals surface area contributed by atoms with Gasteiger partial charge in [-0.2, -0.15) is 0 Å². The van der Waals surface area contributed by atoms with Crippen LogP contribution in [0.15, 0.2) is 53.5 Å². The van der Waals surface area contributed by atoms with Gasteiger partial charge in [-0.1, -0.05) is 36.4 Å². The first-order valence-corrected chi connectivity index (χ1v) is 10.7. The van der Waals surface area contributed by atoms with Gasteiger partial charge in [0, 0.05) is 26.3 Å². The fourth-order valence-corrected chi connectivity index (χ4v) is 3.24. The third-order valence-electron chi connectivity index (χ3n) is 5.06. The first kappa shape index (κ1) is 22.1. The normalized spacial score (nSPS) is 15.1. The van der Waals surface area contributed by atoms with Crippen LogP contribution < -0.4 is 15.4 Å². The van der Waals surface area contributed by atoms with Crippen molar-refractivity contribution in [2.24, 2.45) is 4.99 Å². The van der Waals surface area contributed by atoms with E-state index in [1.54, 1.807) is 7.11 Å². The monoisotopic (exact) mass is 411 g/mol. The van der Waals surface area contributed by atoms with Gasteiger partial charge in [-0.05, 0) is 48.6 Å². The van der Waals surface area contributed by atoms with Crippen molar-refractivity contribution in [3.63, 3.8) is 0 Å². The van der Waals surface area contributed by atoms with Crippen LogP contribution in [-0.4, -0.2) is 38.9 Å². The second-order valence-electron chi connectivity index (χ2n) is 7.34. The van der Waals surface area contributed by atoms with Crippen molar-refractivity contribution in [2.45, 2.75) is 45.6 Å². The second kappa shape index (κ2) is 12.2. The molecule has 0 saturated carbocycles. The van der Waals surface area contributed by atoms with Crippen molar-refractivity contribution in [3.8, 4) is 5.75 Å². The molecule has 6 nitrogen and oxygen atoms in total. The predicted octanol–water partition coefficient (Wildman–Crippen LogP) is 3.65. The Kier molecular flexibility index (Phi) is 9.00. The molecule has 2 aromatic rings. The van der Waals surface area contributed by atoms with E-state index < -0.39 is 0 Å². The van der Waals surface area contributed by atoms with Crippen molar-refractivity contribution in [1.82, 2.24) is 10.6 Å². The maximum absolute atomic E-state index is 5.99. The number of aliphatic imine (C=N–C) groups is 1. The topological polar surface area (TPSA) is 64.1 Å². The number of rotatable bonds is 9. The van der Waals surface area contributed by atoms with E-state index in [-0.39, 0.29) is 0 Å². The number of nitrogens with zero attached hydrogens (tertiary/aromatic N) is 1. The molecule has 0 amide bonds. The fourth-order valence-electron chi connectivity index (χ4n) is 3.24. The number of guanidine groups is 1. The molecule has 1 saturated heterocycles. The molecule has 1 aliphatic heterocycles. The lowest BCUT2D eigenvalue weighted by Crippen LogP contribution is -2.36. The average Bonchev–Trinajstić information content (AvgIpc) is 2.81.